The molecule has 16 heavy (non-hydrogen) atoms. The summed E-state index contributed by atoms with van der Waals surface area (Å²) in [7, 11) is 0. The van der Waals surface area contributed by atoms with E-state index in [1.54, 1.807) is 18.2 Å². The lowest BCUT2D eigenvalue weighted by molar-refractivity contribution is 0.589. The van der Waals surface area contributed by atoms with E-state index in [1.807, 2.05) is 0 Å². The van der Waals surface area contributed by atoms with Crippen LogP contribution in [0.25, 0.3) is 11.1 Å². The molecule has 0 fully saturated rings. The number of nitrogen functional groups attached to an aromatic ring is 1. The average Bonchev–Trinajstić information content (AvgIpc) is 2.26. The third-order valence-electron chi connectivity index (χ3n) is 2.13. The van der Waals surface area contributed by atoms with Crippen LogP contribution in [0.3, 0.4) is 0 Å². The smallest absolute Gasteiger partial charge is 0.236 e. The Labute approximate surface area is 102 Å². The molecule has 2 nitrogen and oxygen atoms in total. The van der Waals surface area contributed by atoms with Gasteiger partial charge in [0.2, 0.25) is 5.95 Å². The Hall–Kier alpha value is -1.32. The second kappa shape index (κ2) is 4.28. The molecule has 0 bridgehead atoms. The zero-order valence-electron chi connectivity index (χ0n) is 8.05. The molecule has 82 valence electrons. The Kier molecular flexibility index (Phi) is 2.99. The van der Waals surface area contributed by atoms with Crippen LogP contribution in [0, 0.1) is 5.95 Å². The van der Waals surface area contributed by atoms with Crippen LogP contribution < -0.4 is 5.73 Å². The van der Waals surface area contributed by atoms with Crippen molar-refractivity contribution in [1.82, 2.24) is 4.98 Å². The number of hydrogen-bond donors (Lipinski definition) is 1. The lowest BCUT2D eigenvalue weighted by Gasteiger charge is -2.06. The summed E-state index contributed by atoms with van der Waals surface area (Å²) in [4.78, 5) is 3.53. The third kappa shape index (κ3) is 1.96. The van der Waals surface area contributed by atoms with E-state index in [4.69, 9.17) is 28.9 Å². The molecule has 2 rings (SSSR count). The lowest BCUT2D eigenvalue weighted by Crippen LogP contribution is -1.94. The Morgan fingerprint density at radius 1 is 1.25 bits per heavy atom. The Morgan fingerprint density at radius 3 is 2.69 bits per heavy atom. The van der Waals surface area contributed by atoms with Crippen molar-refractivity contribution in [3.63, 3.8) is 0 Å². The van der Waals surface area contributed by atoms with Crippen LogP contribution in [0.2, 0.25) is 10.0 Å². The number of aromatic nitrogens is 1. The van der Waals surface area contributed by atoms with Crippen LogP contribution in [0.1, 0.15) is 0 Å². The molecule has 0 amide bonds. The summed E-state index contributed by atoms with van der Waals surface area (Å²) in [5.74, 6) is -0.693. The minimum absolute atomic E-state index is 0.0199. The summed E-state index contributed by atoms with van der Waals surface area (Å²) in [6, 6.07) is 6.67. The lowest BCUT2D eigenvalue weighted by atomic mass is 10.1. The summed E-state index contributed by atoms with van der Waals surface area (Å²) in [5.41, 5.74) is 6.72. The summed E-state index contributed by atoms with van der Waals surface area (Å²) < 4.78 is 12.9. The number of hydrogen-bond acceptors (Lipinski definition) is 2. The van der Waals surface area contributed by atoms with Gasteiger partial charge >= 0.3 is 0 Å². The van der Waals surface area contributed by atoms with Crippen LogP contribution >= 0.6 is 23.2 Å². The summed E-state index contributed by atoms with van der Waals surface area (Å²) in [6.45, 7) is 0. The van der Waals surface area contributed by atoms with Gasteiger partial charge in [-0.3, -0.25) is 0 Å². The summed E-state index contributed by atoms with van der Waals surface area (Å²) in [6.07, 6.45) is 1.36. The zero-order chi connectivity index (χ0) is 11.7. The largest absolute Gasteiger partial charge is 0.395 e. The molecular formula is C11H7Cl2FN2. The number of benzene rings is 1. The van der Waals surface area contributed by atoms with E-state index in [0.717, 1.165) is 0 Å². The average molecular weight is 257 g/mol. The number of halogens is 3. The molecule has 0 spiro atoms. The van der Waals surface area contributed by atoms with E-state index in [2.05, 4.69) is 4.98 Å². The molecule has 0 radical (unpaired) electrons. The van der Waals surface area contributed by atoms with Gasteiger partial charge < -0.3 is 5.73 Å². The van der Waals surface area contributed by atoms with E-state index in [0.29, 0.717) is 21.2 Å². The highest BCUT2D eigenvalue weighted by Crippen LogP contribution is 2.33. The minimum Gasteiger partial charge on any atom is -0.395 e. The summed E-state index contributed by atoms with van der Waals surface area (Å²) in [5, 5.41) is 0.832. The summed E-state index contributed by atoms with van der Waals surface area (Å²) >= 11 is 11.9. The fourth-order valence-electron chi connectivity index (χ4n) is 1.34. The molecule has 0 aliphatic rings. The van der Waals surface area contributed by atoms with Gasteiger partial charge in [0.25, 0.3) is 0 Å². The first-order valence-corrected chi connectivity index (χ1v) is 5.20. The van der Waals surface area contributed by atoms with Crippen LogP contribution in [-0.2, 0) is 0 Å². The highest BCUT2D eigenvalue weighted by Gasteiger charge is 2.09. The van der Waals surface area contributed by atoms with Crippen molar-refractivity contribution >= 4 is 28.9 Å². The molecule has 0 atom stereocenters. The number of nitrogens with two attached hydrogens (primary N) is 1. The Bertz CT molecular complexity index is 544. The van der Waals surface area contributed by atoms with Gasteiger partial charge in [-0.1, -0.05) is 35.3 Å². The van der Waals surface area contributed by atoms with Crippen LogP contribution in [0.4, 0.5) is 10.1 Å². The van der Waals surface area contributed by atoms with Gasteiger partial charge in [-0.2, -0.15) is 4.39 Å². The first kappa shape index (κ1) is 11.2. The van der Waals surface area contributed by atoms with Crippen molar-refractivity contribution in [3.05, 3.63) is 46.5 Å². The minimum atomic E-state index is -0.693. The quantitative estimate of drug-likeness (QED) is 0.789. The molecule has 0 aliphatic carbocycles. The molecule has 0 saturated carbocycles. The first-order chi connectivity index (χ1) is 7.59. The molecule has 2 aromatic rings. The maximum atomic E-state index is 12.9. The molecule has 1 heterocycles. The maximum Gasteiger partial charge on any atom is 0.236 e. The highest BCUT2D eigenvalue weighted by molar-refractivity contribution is 6.43. The van der Waals surface area contributed by atoms with Gasteiger partial charge in [-0.25, -0.2) is 4.98 Å². The van der Waals surface area contributed by atoms with Gasteiger partial charge in [-0.05, 0) is 12.1 Å². The zero-order valence-corrected chi connectivity index (χ0v) is 9.56. The van der Waals surface area contributed by atoms with Crippen molar-refractivity contribution in [3.8, 4) is 11.1 Å². The SMILES string of the molecule is Nc1cc(-c2cccc(Cl)c2Cl)cnc1F. The molecule has 1 aromatic carbocycles. The van der Waals surface area contributed by atoms with Crippen molar-refractivity contribution in [2.45, 2.75) is 0 Å². The number of anilines is 1. The van der Waals surface area contributed by atoms with E-state index < -0.39 is 5.95 Å². The van der Waals surface area contributed by atoms with Crippen molar-refractivity contribution < 1.29 is 4.39 Å². The molecular weight excluding hydrogens is 250 g/mol. The predicted molar refractivity (Wildman–Crippen MR) is 64.1 cm³/mol. The van der Waals surface area contributed by atoms with Gasteiger partial charge in [0.05, 0.1) is 15.7 Å². The van der Waals surface area contributed by atoms with E-state index in [9.17, 15) is 4.39 Å². The topological polar surface area (TPSA) is 38.9 Å². The number of pyridine rings is 1. The molecule has 5 heteroatoms. The normalized spacial score (nSPS) is 10.4. The molecule has 0 aliphatic heterocycles. The van der Waals surface area contributed by atoms with Crippen LogP contribution in [0.15, 0.2) is 30.5 Å². The second-order valence-corrected chi connectivity index (χ2v) is 3.99. The van der Waals surface area contributed by atoms with Crippen LogP contribution in [0.5, 0.6) is 0 Å². The Balaban J connectivity index is 2.59. The maximum absolute atomic E-state index is 12.9. The molecule has 0 unspecified atom stereocenters. The van der Waals surface area contributed by atoms with Crippen molar-refractivity contribution in [1.29, 1.82) is 0 Å². The molecule has 1 aromatic heterocycles. The van der Waals surface area contributed by atoms with Crippen LogP contribution in [-0.4, -0.2) is 4.98 Å². The van der Waals surface area contributed by atoms with E-state index in [1.165, 1.54) is 12.3 Å². The third-order valence-corrected chi connectivity index (χ3v) is 2.95. The Morgan fingerprint density at radius 2 is 2.00 bits per heavy atom. The predicted octanol–water partition coefficient (Wildman–Crippen LogP) is 3.78. The van der Waals surface area contributed by atoms with Gasteiger partial charge in [-0.15, -0.1) is 0 Å². The van der Waals surface area contributed by atoms with Crippen molar-refractivity contribution in [2.24, 2.45) is 0 Å². The number of rotatable bonds is 1. The molecule has 0 saturated heterocycles. The number of nitrogens with zero attached hydrogens (tertiary/aromatic N) is 1. The van der Waals surface area contributed by atoms with Gasteiger partial charge in [0, 0.05) is 17.3 Å². The standard InChI is InChI=1S/C11H7Cl2FN2/c12-8-3-1-2-7(10(8)13)6-4-9(15)11(14)16-5-6/h1-5H,15H2. The highest BCUT2D eigenvalue weighted by atomic mass is 35.5. The van der Waals surface area contributed by atoms with Crippen molar-refractivity contribution in [2.75, 3.05) is 5.73 Å². The van der Waals surface area contributed by atoms with Gasteiger partial charge in [0.15, 0.2) is 0 Å². The van der Waals surface area contributed by atoms with E-state index >= 15 is 0 Å². The van der Waals surface area contributed by atoms with Gasteiger partial charge in [0.1, 0.15) is 0 Å². The monoisotopic (exact) mass is 256 g/mol. The fourth-order valence-corrected chi connectivity index (χ4v) is 1.75. The fraction of sp³-hybridized carbons (Fsp3) is 0. The first-order valence-electron chi connectivity index (χ1n) is 4.45. The second-order valence-electron chi connectivity index (χ2n) is 3.21. The molecule has 2 N–H and O–H groups in total. The van der Waals surface area contributed by atoms with E-state index in [-0.39, 0.29) is 5.69 Å².